The van der Waals surface area contributed by atoms with Gasteiger partial charge in [0, 0.05) is 38.4 Å². The number of nitrogens with one attached hydrogen (secondary N) is 1. The van der Waals surface area contributed by atoms with Crippen LogP contribution in [0, 0.1) is 0 Å². The van der Waals surface area contributed by atoms with Crippen molar-refractivity contribution in [2.24, 2.45) is 0 Å². The second-order valence-electron chi connectivity index (χ2n) is 8.88. The molecule has 3 aromatic rings. The lowest BCUT2D eigenvalue weighted by atomic mass is 10.1. The number of hydrogen-bond donors (Lipinski definition) is 1. The predicted molar refractivity (Wildman–Crippen MR) is 120 cm³/mol. The largest absolute Gasteiger partial charge is 0.349 e. The molecule has 5 rings (SSSR count). The topological polar surface area (TPSA) is 65.8 Å². The maximum Gasteiger partial charge on any atom is 0.252 e. The van der Waals surface area contributed by atoms with E-state index in [4.69, 9.17) is 0 Å². The second-order valence-corrected chi connectivity index (χ2v) is 8.88. The summed E-state index contributed by atoms with van der Waals surface area (Å²) in [5.41, 5.74) is 2.77. The molecule has 1 aliphatic carbocycles. The number of nitrogens with zero attached hydrogens (tertiary/aromatic N) is 5. The summed E-state index contributed by atoms with van der Waals surface area (Å²) in [6.45, 7) is 3.80. The number of rotatable bonds is 5. The highest BCUT2D eigenvalue weighted by Crippen LogP contribution is 2.25. The van der Waals surface area contributed by atoms with Gasteiger partial charge in [-0.1, -0.05) is 43.2 Å². The highest BCUT2D eigenvalue weighted by Gasteiger charge is 2.29. The van der Waals surface area contributed by atoms with Gasteiger partial charge in [0.25, 0.3) is 5.91 Å². The highest BCUT2D eigenvalue weighted by atomic mass is 16.1. The van der Waals surface area contributed by atoms with Crippen LogP contribution in [0.5, 0.6) is 0 Å². The summed E-state index contributed by atoms with van der Waals surface area (Å²) < 4.78 is 2.00. The van der Waals surface area contributed by atoms with Crippen molar-refractivity contribution in [2.45, 2.75) is 44.3 Å². The Morgan fingerprint density at radius 2 is 1.87 bits per heavy atom. The fourth-order valence-corrected chi connectivity index (χ4v) is 4.80. The van der Waals surface area contributed by atoms with Crippen molar-refractivity contribution < 1.29 is 4.79 Å². The normalized spacial score (nSPS) is 21.0. The molecule has 2 aromatic heterocycles. The summed E-state index contributed by atoms with van der Waals surface area (Å²) in [7, 11) is 2.14. The molecule has 0 bridgehead atoms. The van der Waals surface area contributed by atoms with E-state index in [1.54, 1.807) is 0 Å². The first-order chi connectivity index (χ1) is 15.2. The Kier molecular flexibility index (Phi) is 5.70. The summed E-state index contributed by atoms with van der Waals surface area (Å²) in [5.74, 6) is 0.891. The zero-order valence-corrected chi connectivity index (χ0v) is 18.1. The fraction of sp³-hybridized carbons (Fsp3) is 0.458. The maximum atomic E-state index is 12.8. The summed E-state index contributed by atoms with van der Waals surface area (Å²) >= 11 is 0. The quantitative estimate of drug-likeness (QED) is 0.690. The van der Waals surface area contributed by atoms with Crippen molar-refractivity contribution in [3.05, 3.63) is 65.6 Å². The summed E-state index contributed by atoms with van der Waals surface area (Å²) in [5, 5.41) is 12.1. The van der Waals surface area contributed by atoms with E-state index in [0.717, 1.165) is 50.5 Å². The van der Waals surface area contributed by atoms with Crippen molar-refractivity contribution in [1.82, 2.24) is 29.7 Å². The van der Waals surface area contributed by atoms with E-state index in [9.17, 15) is 4.79 Å². The molecule has 1 aliphatic heterocycles. The molecule has 1 aromatic carbocycles. The van der Waals surface area contributed by atoms with E-state index in [0.29, 0.717) is 11.6 Å². The number of piperazine rings is 1. The molecule has 1 amide bonds. The number of carbonyl (C=O) groups excluding carboxylic acids is 1. The first-order valence-electron chi connectivity index (χ1n) is 11.3. The van der Waals surface area contributed by atoms with Crippen molar-refractivity contribution in [1.29, 1.82) is 0 Å². The van der Waals surface area contributed by atoms with Gasteiger partial charge in [-0.2, -0.15) is 0 Å². The minimum Gasteiger partial charge on any atom is -0.349 e. The zero-order chi connectivity index (χ0) is 21.2. The molecule has 2 aliphatic rings. The lowest BCUT2D eigenvalue weighted by Crippen LogP contribution is -2.46. The Morgan fingerprint density at radius 1 is 1.06 bits per heavy atom. The Morgan fingerprint density at radius 3 is 2.68 bits per heavy atom. The minimum absolute atomic E-state index is 0.00356. The molecule has 1 unspecified atom stereocenters. The van der Waals surface area contributed by atoms with Crippen LogP contribution in [0.1, 0.15) is 53.5 Å². The van der Waals surface area contributed by atoms with E-state index in [1.165, 1.54) is 18.4 Å². The van der Waals surface area contributed by atoms with E-state index in [-0.39, 0.29) is 11.9 Å². The van der Waals surface area contributed by atoms with E-state index in [2.05, 4.69) is 62.7 Å². The van der Waals surface area contributed by atoms with Crippen LogP contribution < -0.4 is 5.32 Å². The fourth-order valence-electron chi connectivity index (χ4n) is 4.80. The number of carbonyl (C=O) groups is 1. The zero-order valence-electron chi connectivity index (χ0n) is 18.1. The van der Waals surface area contributed by atoms with Crippen LogP contribution in [-0.4, -0.2) is 63.0 Å². The Hall–Kier alpha value is -2.77. The average Bonchev–Trinajstić information content (AvgIpc) is 3.45. The predicted octanol–water partition coefficient (Wildman–Crippen LogP) is 2.89. The molecule has 1 saturated carbocycles. The lowest BCUT2D eigenvalue weighted by Gasteiger charge is -2.38. The Labute approximate surface area is 183 Å². The van der Waals surface area contributed by atoms with Gasteiger partial charge in [0.05, 0.1) is 11.6 Å². The first-order valence-corrected chi connectivity index (χ1v) is 11.3. The molecule has 162 valence electrons. The molecule has 7 heteroatoms. The SMILES string of the molecule is CN1CCN(Cc2ccccc2)CC1c1nnc2ccc(C(=O)NC3CCCC3)cn12. The van der Waals surface area contributed by atoms with Gasteiger partial charge in [0.1, 0.15) is 0 Å². The third-order valence-corrected chi connectivity index (χ3v) is 6.66. The van der Waals surface area contributed by atoms with Crippen LogP contribution >= 0.6 is 0 Å². The van der Waals surface area contributed by atoms with Gasteiger partial charge in [-0.15, -0.1) is 10.2 Å². The Bertz CT molecular complexity index is 1040. The van der Waals surface area contributed by atoms with Crippen LogP contribution in [0.3, 0.4) is 0 Å². The molecule has 1 saturated heterocycles. The number of amides is 1. The second kappa shape index (κ2) is 8.77. The van der Waals surface area contributed by atoms with Gasteiger partial charge < -0.3 is 5.32 Å². The van der Waals surface area contributed by atoms with E-state index < -0.39 is 0 Å². The van der Waals surface area contributed by atoms with E-state index in [1.807, 2.05) is 22.7 Å². The van der Waals surface area contributed by atoms with Gasteiger partial charge in [0.2, 0.25) is 0 Å². The molecule has 7 nitrogen and oxygen atoms in total. The molecule has 2 fully saturated rings. The molecule has 3 heterocycles. The van der Waals surface area contributed by atoms with Crippen LogP contribution in [0.4, 0.5) is 0 Å². The summed E-state index contributed by atoms with van der Waals surface area (Å²) in [6, 6.07) is 14.8. The van der Waals surface area contributed by atoms with Gasteiger partial charge in [-0.05, 0) is 37.6 Å². The lowest BCUT2D eigenvalue weighted by molar-refractivity contribution is 0.0852. The molecule has 0 spiro atoms. The minimum atomic E-state index is -0.00356. The summed E-state index contributed by atoms with van der Waals surface area (Å²) in [6.07, 6.45) is 6.46. The molecule has 0 radical (unpaired) electrons. The number of benzene rings is 1. The molecular weight excluding hydrogens is 388 g/mol. The van der Waals surface area contributed by atoms with Crippen molar-refractivity contribution in [2.75, 3.05) is 26.7 Å². The van der Waals surface area contributed by atoms with Crippen LogP contribution in [0.2, 0.25) is 0 Å². The first kappa shape index (κ1) is 20.2. The molecule has 1 atom stereocenters. The maximum absolute atomic E-state index is 12.8. The number of pyridine rings is 1. The molecular formula is C24H30N6O. The van der Waals surface area contributed by atoms with Crippen LogP contribution in [0.25, 0.3) is 5.65 Å². The summed E-state index contributed by atoms with van der Waals surface area (Å²) in [4.78, 5) is 17.6. The van der Waals surface area contributed by atoms with Crippen LogP contribution in [-0.2, 0) is 6.54 Å². The van der Waals surface area contributed by atoms with Crippen molar-refractivity contribution in [3.8, 4) is 0 Å². The molecule has 31 heavy (non-hydrogen) atoms. The number of likely N-dealkylation sites (N-methyl/N-ethyl adjacent to an activating group) is 1. The van der Waals surface area contributed by atoms with Crippen molar-refractivity contribution in [3.63, 3.8) is 0 Å². The van der Waals surface area contributed by atoms with E-state index >= 15 is 0 Å². The third kappa shape index (κ3) is 4.34. The highest BCUT2D eigenvalue weighted by molar-refractivity contribution is 5.94. The van der Waals surface area contributed by atoms with Gasteiger partial charge in [0.15, 0.2) is 11.5 Å². The monoisotopic (exact) mass is 418 g/mol. The smallest absolute Gasteiger partial charge is 0.252 e. The van der Waals surface area contributed by atoms with Crippen LogP contribution in [0.15, 0.2) is 48.7 Å². The molecule has 1 N–H and O–H groups in total. The number of hydrogen-bond acceptors (Lipinski definition) is 5. The number of aromatic nitrogens is 3. The van der Waals surface area contributed by atoms with Gasteiger partial charge in [-0.3, -0.25) is 19.0 Å². The Balaban J connectivity index is 1.37. The third-order valence-electron chi connectivity index (χ3n) is 6.66. The van der Waals surface area contributed by atoms with Gasteiger partial charge in [-0.25, -0.2) is 0 Å². The average molecular weight is 419 g/mol. The standard InChI is InChI=1S/C24H30N6O/c1-28-13-14-29(15-18-7-3-2-4-8-18)17-21(28)23-27-26-22-12-11-19(16-30(22)23)24(31)25-20-9-5-6-10-20/h2-4,7-8,11-12,16,20-21H,5-6,9-10,13-15,17H2,1H3,(H,25,31). The van der Waals surface area contributed by atoms with Gasteiger partial charge >= 0.3 is 0 Å². The van der Waals surface area contributed by atoms with Crippen molar-refractivity contribution >= 4 is 11.6 Å². The number of fused-ring (bicyclic) bond motifs is 1.